The lowest BCUT2D eigenvalue weighted by Gasteiger charge is -2.26. The normalized spacial score (nSPS) is 14.8. The number of benzene rings is 1. The van der Waals surface area contributed by atoms with Gasteiger partial charge in [0.1, 0.15) is 0 Å². The molecule has 3 rings (SSSR count). The van der Waals surface area contributed by atoms with Gasteiger partial charge < -0.3 is 15.0 Å². The van der Waals surface area contributed by atoms with Crippen LogP contribution in [0.15, 0.2) is 42.7 Å². The Morgan fingerprint density at radius 2 is 1.92 bits per heavy atom. The average Bonchev–Trinajstić information content (AvgIpc) is 2.62. The van der Waals surface area contributed by atoms with Crippen molar-refractivity contribution in [1.29, 1.82) is 0 Å². The summed E-state index contributed by atoms with van der Waals surface area (Å²) < 4.78 is 5.31. The van der Waals surface area contributed by atoms with Gasteiger partial charge in [-0.1, -0.05) is 24.3 Å². The Morgan fingerprint density at radius 1 is 1.21 bits per heavy atom. The van der Waals surface area contributed by atoms with Crippen molar-refractivity contribution in [3.05, 3.63) is 53.9 Å². The van der Waals surface area contributed by atoms with Gasteiger partial charge in [0.25, 0.3) is 0 Å². The van der Waals surface area contributed by atoms with Crippen LogP contribution in [0.1, 0.15) is 11.1 Å². The molecule has 1 aromatic carbocycles. The third-order valence-corrected chi connectivity index (χ3v) is 3.80. The predicted octanol–water partition coefficient (Wildman–Crippen LogP) is 2.27. The lowest BCUT2D eigenvalue weighted by atomic mass is 10.1. The Hall–Kier alpha value is -2.73. The molecule has 1 N–H and O–H groups in total. The van der Waals surface area contributed by atoms with Crippen LogP contribution in [0.5, 0.6) is 0 Å². The third-order valence-electron chi connectivity index (χ3n) is 3.80. The molecule has 2 aromatic rings. The molecule has 0 saturated carbocycles. The second-order valence-electron chi connectivity index (χ2n) is 5.55. The summed E-state index contributed by atoms with van der Waals surface area (Å²) >= 11 is 0. The molecular weight excluding hydrogens is 304 g/mol. The lowest BCUT2D eigenvalue weighted by molar-refractivity contribution is -0.111. The Labute approximate surface area is 141 Å². The van der Waals surface area contributed by atoms with Crippen LogP contribution >= 0.6 is 0 Å². The van der Waals surface area contributed by atoms with Crippen LogP contribution < -0.4 is 10.2 Å². The number of amides is 1. The van der Waals surface area contributed by atoms with Gasteiger partial charge in [-0.3, -0.25) is 4.79 Å². The number of anilines is 2. The van der Waals surface area contributed by atoms with E-state index in [1.807, 2.05) is 31.2 Å². The van der Waals surface area contributed by atoms with E-state index in [2.05, 4.69) is 20.2 Å². The largest absolute Gasteiger partial charge is 0.378 e. The molecule has 0 atom stereocenters. The van der Waals surface area contributed by atoms with Gasteiger partial charge in [-0.2, -0.15) is 0 Å². The number of rotatable bonds is 4. The number of hydrogen-bond acceptors (Lipinski definition) is 5. The van der Waals surface area contributed by atoms with E-state index in [1.54, 1.807) is 18.5 Å². The summed E-state index contributed by atoms with van der Waals surface area (Å²) in [6.45, 7) is 4.95. The van der Waals surface area contributed by atoms with Gasteiger partial charge in [-0.25, -0.2) is 9.97 Å². The van der Waals surface area contributed by atoms with E-state index < -0.39 is 0 Å². The molecule has 124 valence electrons. The minimum atomic E-state index is -0.207. The van der Waals surface area contributed by atoms with E-state index >= 15 is 0 Å². The highest BCUT2D eigenvalue weighted by Crippen LogP contribution is 2.12. The Bertz CT molecular complexity index is 722. The standard InChI is InChI=1S/C18H20N4O2/c1-14-4-2-3-5-15(14)6-7-17(23)21-16-12-19-18(20-13-16)22-8-10-24-11-9-22/h2-7,12-13H,8-11H2,1H3,(H,21,23)/b7-6+. The highest BCUT2D eigenvalue weighted by atomic mass is 16.5. The van der Waals surface area contributed by atoms with Crippen molar-refractivity contribution >= 4 is 23.6 Å². The van der Waals surface area contributed by atoms with Crippen LogP contribution in [0.4, 0.5) is 11.6 Å². The predicted molar refractivity (Wildman–Crippen MR) is 93.9 cm³/mol. The van der Waals surface area contributed by atoms with E-state index in [0.717, 1.165) is 24.2 Å². The van der Waals surface area contributed by atoms with E-state index in [4.69, 9.17) is 4.74 Å². The van der Waals surface area contributed by atoms with Crippen LogP contribution in [-0.4, -0.2) is 42.2 Å². The van der Waals surface area contributed by atoms with Crippen LogP contribution in [0.2, 0.25) is 0 Å². The second kappa shape index (κ2) is 7.70. The van der Waals surface area contributed by atoms with Crippen LogP contribution in [0.25, 0.3) is 6.08 Å². The first-order valence-electron chi connectivity index (χ1n) is 7.92. The van der Waals surface area contributed by atoms with Gasteiger partial charge in [-0.05, 0) is 24.1 Å². The van der Waals surface area contributed by atoms with Gasteiger partial charge >= 0.3 is 0 Å². The number of ether oxygens (including phenoxy) is 1. The lowest BCUT2D eigenvalue weighted by Crippen LogP contribution is -2.37. The number of morpholine rings is 1. The first-order chi connectivity index (χ1) is 11.7. The van der Waals surface area contributed by atoms with Gasteiger partial charge in [0, 0.05) is 19.2 Å². The quantitative estimate of drug-likeness (QED) is 0.874. The summed E-state index contributed by atoms with van der Waals surface area (Å²) in [4.78, 5) is 22.7. The highest BCUT2D eigenvalue weighted by molar-refractivity contribution is 6.01. The summed E-state index contributed by atoms with van der Waals surface area (Å²) in [5.74, 6) is 0.452. The topological polar surface area (TPSA) is 67.4 Å². The fourth-order valence-electron chi connectivity index (χ4n) is 2.44. The first kappa shape index (κ1) is 16.1. The van der Waals surface area contributed by atoms with Gasteiger partial charge in [0.15, 0.2) is 0 Å². The maximum Gasteiger partial charge on any atom is 0.248 e. The molecule has 0 bridgehead atoms. The zero-order valence-corrected chi connectivity index (χ0v) is 13.6. The number of aromatic nitrogens is 2. The van der Waals surface area contributed by atoms with Crippen molar-refractivity contribution in [2.75, 3.05) is 36.5 Å². The average molecular weight is 324 g/mol. The maximum atomic E-state index is 12.0. The summed E-state index contributed by atoms with van der Waals surface area (Å²) in [5.41, 5.74) is 2.72. The summed E-state index contributed by atoms with van der Waals surface area (Å²) in [6.07, 6.45) is 6.56. The number of carbonyl (C=O) groups excluding carboxylic acids is 1. The fraction of sp³-hybridized carbons (Fsp3) is 0.278. The monoisotopic (exact) mass is 324 g/mol. The van der Waals surface area contributed by atoms with Crippen molar-refractivity contribution in [1.82, 2.24) is 9.97 Å². The summed E-state index contributed by atoms with van der Waals surface area (Å²) in [5, 5.41) is 2.77. The highest BCUT2D eigenvalue weighted by Gasteiger charge is 2.13. The number of nitrogens with zero attached hydrogens (tertiary/aromatic N) is 3. The van der Waals surface area contributed by atoms with E-state index in [9.17, 15) is 4.79 Å². The summed E-state index contributed by atoms with van der Waals surface area (Å²) in [6, 6.07) is 7.90. The molecule has 1 amide bonds. The van der Waals surface area contributed by atoms with Crippen LogP contribution in [-0.2, 0) is 9.53 Å². The van der Waals surface area contributed by atoms with E-state index in [-0.39, 0.29) is 5.91 Å². The van der Waals surface area contributed by atoms with Crippen molar-refractivity contribution in [2.45, 2.75) is 6.92 Å². The molecular formula is C18H20N4O2. The fourth-order valence-corrected chi connectivity index (χ4v) is 2.44. The van der Waals surface area contributed by atoms with E-state index in [0.29, 0.717) is 24.8 Å². The molecule has 6 nitrogen and oxygen atoms in total. The Balaban J connectivity index is 1.59. The van der Waals surface area contributed by atoms with Gasteiger partial charge in [0.2, 0.25) is 11.9 Å². The zero-order valence-electron chi connectivity index (χ0n) is 13.6. The maximum absolute atomic E-state index is 12.0. The van der Waals surface area contributed by atoms with Crippen molar-refractivity contribution < 1.29 is 9.53 Å². The molecule has 1 fully saturated rings. The van der Waals surface area contributed by atoms with Crippen molar-refractivity contribution in [2.24, 2.45) is 0 Å². The molecule has 6 heteroatoms. The second-order valence-corrected chi connectivity index (χ2v) is 5.55. The number of aryl methyl sites for hydroxylation is 1. The molecule has 0 radical (unpaired) electrons. The molecule has 2 heterocycles. The number of hydrogen-bond donors (Lipinski definition) is 1. The molecule has 1 aliphatic heterocycles. The van der Waals surface area contributed by atoms with E-state index in [1.165, 1.54) is 6.08 Å². The smallest absolute Gasteiger partial charge is 0.248 e. The Kier molecular flexibility index (Phi) is 5.18. The summed E-state index contributed by atoms with van der Waals surface area (Å²) in [7, 11) is 0. The van der Waals surface area contributed by atoms with Gasteiger partial charge in [0.05, 0.1) is 31.3 Å². The van der Waals surface area contributed by atoms with Crippen molar-refractivity contribution in [3.63, 3.8) is 0 Å². The SMILES string of the molecule is Cc1ccccc1/C=C/C(=O)Nc1cnc(N2CCOCC2)nc1. The molecule has 24 heavy (non-hydrogen) atoms. The van der Waals surface area contributed by atoms with Crippen LogP contribution in [0.3, 0.4) is 0 Å². The molecule has 1 aliphatic rings. The molecule has 0 spiro atoms. The molecule has 1 aromatic heterocycles. The molecule has 0 unspecified atom stereocenters. The molecule has 1 saturated heterocycles. The third kappa shape index (κ3) is 4.17. The van der Waals surface area contributed by atoms with Crippen LogP contribution in [0, 0.1) is 6.92 Å². The van der Waals surface area contributed by atoms with Crippen molar-refractivity contribution in [3.8, 4) is 0 Å². The minimum Gasteiger partial charge on any atom is -0.378 e. The Morgan fingerprint density at radius 3 is 2.62 bits per heavy atom. The minimum absolute atomic E-state index is 0.207. The first-order valence-corrected chi connectivity index (χ1v) is 7.92. The number of nitrogens with one attached hydrogen (secondary N) is 1. The molecule has 0 aliphatic carbocycles. The zero-order chi connectivity index (χ0) is 16.8. The van der Waals surface area contributed by atoms with Gasteiger partial charge in [-0.15, -0.1) is 0 Å². The number of carbonyl (C=O) groups is 1.